The predicted octanol–water partition coefficient (Wildman–Crippen LogP) is 6.36. The summed E-state index contributed by atoms with van der Waals surface area (Å²) < 4.78 is 19.0. The van der Waals surface area contributed by atoms with Gasteiger partial charge in [-0.15, -0.1) is 6.58 Å². The van der Waals surface area contributed by atoms with Crippen molar-refractivity contribution >= 4 is 43.2 Å². The molecule has 0 fully saturated rings. The molecule has 0 saturated carbocycles. The lowest BCUT2D eigenvalue weighted by Gasteiger charge is -2.10. The van der Waals surface area contributed by atoms with Gasteiger partial charge in [-0.25, -0.2) is 0 Å². The number of nitro groups is 2. The van der Waals surface area contributed by atoms with Crippen molar-refractivity contribution in [2.75, 3.05) is 0 Å². The summed E-state index contributed by atoms with van der Waals surface area (Å²) in [6, 6.07) is 8.23. The fraction of sp³-hybridized carbons (Fsp3) is 0.200. The molecule has 31 heavy (non-hydrogen) atoms. The maximum absolute atomic E-state index is 12.6. The first-order valence-corrected chi connectivity index (χ1v) is 10.1. The molecule has 11 heteroatoms. The van der Waals surface area contributed by atoms with E-state index in [0.717, 1.165) is 12.1 Å². The van der Waals surface area contributed by atoms with Crippen molar-refractivity contribution in [3.8, 4) is 5.75 Å². The molecule has 2 rings (SSSR count). The monoisotopic (exact) mass is 562 g/mol. The lowest BCUT2D eigenvalue weighted by Crippen LogP contribution is -2.08. The molecule has 0 aliphatic carbocycles. The molecule has 0 spiro atoms. The minimum atomic E-state index is -0.821. The molecule has 0 bridgehead atoms. The van der Waals surface area contributed by atoms with E-state index in [0.29, 0.717) is 8.95 Å². The zero-order valence-corrected chi connectivity index (χ0v) is 19.9. The van der Waals surface area contributed by atoms with Gasteiger partial charge in [-0.3, -0.25) is 20.2 Å². The van der Waals surface area contributed by atoms with E-state index in [9.17, 15) is 24.6 Å². The van der Waals surface area contributed by atoms with Crippen LogP contribution in [0.2, 0.25) is 0 Å². The summed E-state index contributed by atoms with van der Waals surface area (Å²) >= 11 is 6.16. The molecule has 1 N–H and O–H groups in total. The number of aliphatic hydroxyl groups is 1. The van der Waals surface area contributed by atoms with E-state index in [1.165, 1.54) is 18.2 Å². The van der Waals surface area contributed by atoms with E-state index in [2.05, 4.69) is 45.0 Å². The third kappa shape index (κ3) is 11.4. The van der Waals surface area contributed by atoms with Crippen LogP contribution in [0, 0.1) is 26.0 Å². The van der Waals surface area contributed by atoms with Crippen LogP contribution in [0.4, 0.5) is 15.8 Å². The molecule has 0 radical (unpaired) electrons. The van der Waals surface area contributed by atoms with Crippen molar-refractivity contribution in [3.05, 3.63) is 96.7 Å². The number of aliphatic hydroxyl groups excluding tert-OH is 1. The van der Waals surface area contributed by atoms with Crippen LogP contribution in [0.25, 0.3) is 0 Å². The van der Waals surface area contributed by atoms with E-state index >= 15 is 0 Å². The molecule has 2 aromatic carbocycles. The smallest absolute Gasteiger partial charge is 0.312 e. The molecule has 0 heterocycles. The minimum Gasteiger partial charge on any atom is -0.480 e. The molecule has 0 aliphatic rings. The number of hydrogen-bond acceptors (Lipinski definition) is 6. The van der Waals surface area contributed by atoms with Crippen molar-refractivity contribution in [3.63, 3.8) is 0 Å². The van der Waals surface area contributed by atoms with E-state index in [1.54, 1.807) is 32.1 Å². The Morgan fingerprint density at radius 3 is 1.84 bits per heavy atom. The van der Waals surface area contributed by atoms with Gasteiger partial charge in [0.1, 0.15) is 6.10 Å². The van der Waals surface area contributed by atoms with Crippen LogP contribution in [-0.2, 0) is 0 Å². The molecule has 168 valence electrons. The van der Waals surface area contributed by atoms with Crippen LogP contribution < -0.4 is 4.74 Å². The number of ether oxygens (including phenoxy) is 1. The second-order valence-corrected chi connectivity index (χ2v) is 7.59. The van der Waals surface area contributed by atoms with Gasteiger partial charge in [0, 0.05) is 21.1 Å². The highest BCUT2D eigenvalue weighted by molar-refractivity contribution is 9.10. The topological polar surface area (TPSA) is 116 Å². The maximum atomic E-state index is 12.6. The number of benzene rings is 2. The highest BCUT2D eigenvalue weighted by atomic mass is 79.9. The average Bonchev–Trinajstić information content (AvgIpc) is 2.71. The molecule has 2 unspecified atom stereocenters. The molecular formula is C20H21Br2FN2O6. The highest BCUT2D eigenvalue weighted by Crippen LogP contribution is 2.30. The summed E-state index contributed by atoms with van der Waals surface area (Å²) in [5.41, 5.74) is -0.572. The average molecular weight is 564 g/mol. The van der Waals surface area contributed by atoms with E-state index < -0.39 is 21.4 Å². The zero-order valence-electron chi connectivity index (χ0n) is 16.7. The Balaban J connectivity index is 0.000000492. The van der Waals surface area contributed by atoms with Gasteiger partial charge in [0.25, 0.3) is 0 Å². The maximum Gasteiger partial charge on any atom is 0.312 e. The lowest BCUT2D eigenvalue weighted by molar-refractivity contribution is -0.387. The van der Waals surface area contributed by atoms with Crippen molar-refractivity contribution in [1.29, 1.82) is 0 Å². The number of hydrogen-bond donors (Lipinski definition) is 1. The molecule has 2 aromatic rings. The summed E-state index contributed by atoms with van der Waals surface area (Å²) in [7, 11) is 0. The van der Waals surface area contributed by atoms with Gasteiger partial charge in [-0.2, -0.15) is 4.39 Å². The second kappa shape index (κ2) is 14.4. The Labute approximate surface area is 195 Å². The number of halogens is 3. The summed E-state index contributed by atoms with van der Waals surface area (Å²) in [6.07, 6.45) is 2.44. The molecule has 0 saturated heterocycles. The fourth-order valence-electron chi connectivity index (χ4n) is 1.61. The molecule has 0 aliphatic heterocycles. The van der Waals surface area contributed by atoms with Gasteiger partial charge in [-0.05, 0) is 38.1 Å². The summed E-state index contributed by atoms with van der Waals surface area (Å²) in [5, 5.41) is 29.1. The van der Waals surface area contributed by atoms with Crippen LogP contribution in [0.5, 0.6) is 5.75 Å². The summed E-state index contributed by atoms with van der Waals surface area (Å²) in [4.78, 5) is 19.6. The Hall–Kier alpha value is -2.63. The van der Waals surface area contributed by atoms with Gasteiger partial charge in [0.15, 0.2) is 5.75 Å². The second-order valence-electron chi connectivity index (χ2n) is 5.76. The van der Waals surface area contributed by atoms with E-state index in [-0.39, 0.29) is 23.6 Å². The minimum absolute atomic E-state index is 0.0573. The first-order valence-electron chi connectivity index (χ1n) is 8.56. The Bertz CT molecular complexity index is 925. The Morgan fingerprint density at radius 1 is 1.00 bits per heavy atom. The van der Waals surface area contributed by atoms with Crippen LogP contribution in [-0.4, -0.2) is 27.2 Å². The summed E-state index contributed by atoms with van der Waals surface area (Å²) in [6.45, 7) is 10.3. The van der Waals surface area contributed by atoms with Crippen LogP contribution in [0.15, 0.2) is 70.7 Å². The molecule has 2 atom stereocenters. The molecule has 8 nitrogen and oxygen atoms in total. The van der Waals surface area contributed by atoms with E-state index in [1.807, 2.05) is 0 Å². The first kappa shape index (κ1) is 28.4. The predicted molar refractivity (Wildman–Crippen MR) is 124 cm³/mol. The van der Waals surface area contributed by atoms with E-state index in [4.69, 9.17) is 9.84 Å². The normalized spacial score (nSPS) is 11.4. The molecular weight excluding hydrogens is 543 g/mol. The quantitative estimate of drug-likeness (QED) is 0.248. The third-order valence-electron chi connectivity index (χ3n) is 3.21. The van der Waals surface area contributed by atoms with Gasteiger partial charge in [0.2, 0.25) is 5.82 Å². The zero-order chi connectivity index (χ0) is 24.1. The van der Waals surface area contributed by atoms with Crippen molar-refractivity contribution in [2.45, 2.75) is 26.1 Å². The number of nitro benzene ring substituents is 2. The van der Waals surface area contributed by atoms with Gasteiger partial charge >= 0.3 is 11.4 Å². The standard InChI is InChI=1S/C10H10BrNO3.C6H3BrFNO2.C4H8O/c1-3-7(2)15-10-5-4-8(11)6-9(10)12(13)14;7-4-1-2-5(8)6(3-4)9(10)11;1-3-4(2)5/h3-7H,1H2,2H3;1-3H;3-5H,1H2,2H3. The number of rotatable bonds is 6. The molecule has 0 amide bonds. The van der Waals surface area contributed by atoms with Crippen LogP contribution >= 0.6 is 31.9 Å². The summed E-state index contributed by atoms with van der Waals surface area (Å²) in [5.74, 6) is -0.575. The SMILES string of the molecule is C=CC(C)O.C=CC(C)Oc1ccc(Br)cc1[N+](=O)[O-].O=[N+]([O-])c1cc(Br)ccc1F. The largest absolute Gasteiger partial charge is 0.480 e. The van der Waals surface area contributed by atoms with Crippen molar-refractivity contribution < 1.29 is 24.1 Å². The number of nitrogens with zero attached hydrogens (tertiary/aromatic N) is 2. The third-order valence-corrected chi connectivity index (χ3v) is 4.19. The van der Waals surface area contributed by atoms with Gasteiger partial charge < -0.3 is 9.84 Å². The Morgan fingerprint density at radius 2 is 1.45 bits per heavy atom. The van der Waals surface area contributed by atoms with Crippen molar-refractivity contribution in [1.82, 2.24) is 0 Å². The Kier molecular flexibility index (Phi) is 13.2. The van der Waals surface area contributed by atoms with Gasteiger partial charge in [0.05, 0.1) is 16.0 Å². The van der Waals surface area contributed by atoms with Crippen LogP contribution in [0.3, 0.4) is 0 Å². The van der Waals surface area contributed by atoms with Crippen LogP contribution in [0.1, 0.15) is 13.8 Å². The highest BCUT2D eigenvalue weighted by Gasteiger charge is 2.16. The van der Waals surface area contributed by atoms with Crippen molar-refractivity contribution in [2.24, 2.45) is 0 Å². The first-order chi connectivity index (χ1) is 14.4. The van der Waals surface area contributed by atoms with Gasteiger partial charge in [-0.1, -0.05) is 50.6 Å². The molecule has 0 aromatic heterocycles. The fourth-order valence-corrected chi connectivity index (χ4v) is 2.30. The lowest BCUT2D eigenvalue weighted by atomic mass is 10.3.